The molecule has 0 aliphatic carbocycles. The number of aromatic nitrogens is 2. The Morgan fingerprint density at radius 3 is 3.00 bits per heavy atom. The number of benzene rings is 1. The topological polar surface area (TPSA) is 63.5 Å². The fourth-order valence-electron chi connectivity index (χ4n) is 2.06. The Hall–Kier alpha value is -2.76. The third-order valence-corrected chi connectivity index (χ3v) is 3.22. The molecule has 0 saturated carbocycles. The first kappa shape index (κ1) is 16.6. The van der Waals surface area contributed by atoms with Crippen LogP contribution in [0, 0.1) is 0 Å². The number of hydrogen-bond acceptors (Lipinski definition) is 3. The number of guanidine groups is 1. The molecule has 2 aromatic rings. The molecule has 0 fully saturated rings. The molecule has 0 saturated heterocycles. The lowest BCUT2D eigenvalue weighted by Gasteiger charge is -2.14. The van der Waals surface area contributed by atoms with Crippen LogP contribution in [0.3, 0.4) is 0 Å². The maximum absolute atomic E-state index is 5.65. The van der Waals surface area contributed by atoms with Crippen molar-refractivity contribution in [3.8, 4) is 5.75 Å². The first-order chi connectivity index (χ1) is 11.3. The standard InChI is InChI=1S/C17H23N5O/c1-3-12-23-16-7-5-4-6-15(16)13-21-17(18-2)20-9-11-22-10-8-19-14-22/h3-8,10,14H,1,9,11-13H2,2H3,(H2,18,20,21). The smallest absolute Gasteiger partial charge is 0.191 e. The molecule has 0 radical (unpaired) electrons. The molecule has 0 unspecified atom stereocenters. The molecular weight excluding hydrogens is 290 g/mol. The van der Waals surface area contributed by atoms with E-state index in [1.54, 1.807) is 25.6 Å². The minimum Gasteiger partial charge on any atom is -0.489 e. The number of aliphatic imine (C=N–C) groups is 1. The lowest BCUT2D eigenvalue weighted by molar-refractivity contribution is 0.358. The van der Waals surface area contributed by atoms with E-state index >= 15 is 0 Å². The van der Waals surface area contributed by atoms with E-state index in [9.17, 15) is 0 Å². The Labute approximate surface area is 136 Å². The highest BCUT2D eigenvalue weighted by Gasteiger charge is 2.04. The van der Waals surface area contributed by atoms with Crippen molar-refractivity contribution >= 4 is 5.96 Å². The van der Waals surface area contributed by atoms with E-state index in [0.717, 1.165) is 30.4 Å². The van der Waals surface area contributed by atoms with Crippen LogP contribution in [-0.4, -0.2) is 35.7 Å². The second kappa shape index (κ2) is 9.30. The summed E-state index contributed by atoms with van der Waals surface area (Å²) in [6, 6.07) is 7.94. The van der Waals surface area contributed by atoms with E-state index in [4.69, 9.17) is 4.74 Å². The highest BCUT2D eigenvalue weighted by atomic mass is 16.5. The minimum absolute atomic E-state index is 0.495. The van der Waals surface area contributed by atoms with Gasteiger partial charge in [0.25, 0.3) is 0 Å². The van der Waals surface area contributed by atoms with Crippen LogP contribution in [0.4, 0.5) is 0 Å². The van der Waals surface area contributed by atoms with Gasteiger partial charge in [0, 0.05) is 44.6 Å². The summed E-state index contributed by atoms with van der Waals surface area (Å²) < 4.78 is 7.67. The molecule has 1 aromatic carbocycles. The summed E-state index contributed by atoms with van der Waals surface area (Å²) in [5.41, 5.74) is 1.08. The Kier molecular flexibility index (Phi) is 6.71. The Morgan fingerprint density at radius 1 is 1.39 bits per heavy atom. The van der Waals surface area contributed by atoms with Crippen molar-refractivity contribution < 1.29 is 4.74 Å². The predicted molar refractivity (Wildman–Crippen MR) is 92.6 cm³/mol. The molecule has 0 atom stereocenters. The number of imidazole rings is 1. The maximum atomic E-state index is 5.65. The van der Waals surface area contributed by atoms with Crippen LogP contribution >= 0.6 is 0 Å². The average molecular weight is 313 g/mol. The molecule has 1 heterocycles. The number of hydrogen-bond donors (Lipinski definition) is 2. The minimum atomic E-state index is 0.495. The predicted octanol–water partition coefficient (Wildman–Crippen LogP) is 1.81. The van der Waals surface area contributed by atoms with Crippen molar-refractivity contribution in [3.63, 3.8) is 0 Å². The van der Waals surface area contributed by atoms with Crippen LogP contribution in [0.15, 0.2) is 60.6 Å². The molecule has 0 bridgehead atoms. The monoisotopic (exact) mass is 313 g/mol. The lowest BCUT2D eigenvalue weighted by atomic mass is 10.2. The third-order valence-electron chi connectivity index (χ3n) is 3.22. The van der Waals surface area contributed by atoms with Gasteiger partial charge >= 0.3 is 0 Å². The van der Waals surface area contributed by atoms with Gasteiger partial charge in [-0.1, -0.05) is 30.9 Å². The quantitative estimate of drug-likeness (QED) is 0.443. The van der Waals surface area contributed by atoms with Gasteiger partial charge in [-0.2, -0.15) is 0 Å². The van der Waals surface area contributed by atoms with Crippen molar-refractivity contribution in [2.24, 2.45) is 4.99 Å². The summed E-state index contributed by atoms with van der Waals surface area (Å²) in [4.78, 5) is 8.25. The van der Waals surface area contributed by atoms with Crippen LogP contribution in [0.1, 0.15) is 5.56 Å². The van der Waals surface area contributed by atoms with Crippen molar-refractivity contribution in [2.75, 3.05) is 20.2 Å². The van der Waals surface area contributed by atoms with Crippen LogP contribution in [-0.2, 0) is 13.1 Å². The number of para-hydroxylation sites is 1. The van der Waals surface area contributed by atoms with Gasteiger partial charge in [0.2, 0.25) is 0 Å². The van der Waals surface area contributed by atoms with Crippen molar-refractivity contribution in [3.05, 3.63) is 61.2 Å². The molecule has 6 nitrogen and oxygen atoms in total. The Bertz CT molecular complexity index is 622. The molecule has 2 rings (SSSR count). The second-order valence-electron chi connectivity index (χ2n) is 4.86. The van der Waals surface area contributed by atoms with E-state index in [1.807, 2.05) is 35.0 Å². The third kappa shape index (κ3) is 5.50. The van der Waals surface area contributed by atoms with Crippen LogP contribution in [0.5, 0.6) is 5.75 Å². The SMILES string of the molecule is C=CCOc1ccccc1CNC(=NC)NCCn1ccnc1. The fourth-order valence-corrected chi connectivity index (χ4v) is 2.06. The van der Waals surface area contributed by atoms with E-state index in [0.29, 0.717) is 13.2 Å². The number of nitrogens with zero attached hydrogens (tertiary/aromatic N) is 3. The zero-order valence-corrected chi connectivity index (χ0v) is 13.4. The fraction of sp³-hybridized carbons (Fsp3) is 0.294. The zero-order valence-electron chi connectivity index (χ0n) is 13.4. The van der Waals surface area contributed by atoms with Gasteiger partial charge in [-0.25, -0.2) is 4.98 Å². The molecule has 2 N–H and O–H groups in total. The van der Waals surface area contributed by atoms with Crippen molar-refractivity contribution in [1.29, 1.82) is 0 Å². The summed E-state index contributed by atoms with van der Waals surface area (Å²) >= 11 is 0. The second-order valence-corrected chi connectivity index (χ2v) is 4.86. The summed E-state index contributed by atoms with van der Waals surface area (Å²) in [5, 5.41) is 6.56. The van der Waals surface area contributed by atoms with Crippen molar-refractivity contribution in [2.45, 2.75) is 13.1 Å². The number of ether oxygens (including phenoxy) is 1. The Morgan fingerprint density at radius 2 is 2.26 bits per heavy atom. The highest BCUT2D eigenvalue weighted by Crippen LogP contribution is 2.17. The van der Waals surface area contributed by atoms with Crippen LogP contribution in [0.25, 0.3) is 0 Å². The van der Waals surface area contributed by atoms with E-state index in [-0.39, 0.29) is 0 Å². The molecule has 0 aliphatic rings. The number of rotatable bonds is 8. The molecule has 122 valence electrons. The molecule has 0 amide bonds. The van der Waals surface area contributed by atoms with Gasteiger partial charge < -0.3 is 19.9 Å². The molecule has 23 heavy (non-hydrogen) atoms. The van der Waals surface area contributed by atoms with Gasteiger partial charge in [0.05, 0.1) is 6.33 Å². The first-order valence-corrected chi connectivity index (χ1v) is 7.55. The van der Waals surface area contributed by atoms with Gasteiger partial charge in [-0.3, -0.25) is 4.99 Å². The molecule has 0 aliphatic heterocycles. The van der Waals surface area contributed by atoms with E-state index in [2.05, 4.69) is 27.2 Å². The highest BCUT2D eigenvalue weighted by molar-refractivity contribution is 5.79. The average Bonchev–Trinajstić information content (AvgIpc) is 3.10. The van der Waals surface area contributed by atoms with Gasteiger partial charge in [-0.15, -0.1) is 0 Å². The maximum Gasteiger partial charge on any atom is 0.191 e. The Balaban J connectivity index is 1.82. The summed E-state index contributed by atoms with van der Waals surface area (Å²) in [7, 11) is 1.76. The van der Waals surface area contributed by atoms with E-state index in [1.165, 1.54) is 0 Å². The van der Waals surface area contributed by atoms with Crippen LogP contribution in [0.2, 0.25) is 0 Å². The first-order valence-electron chi connectivity index (χ1n) is 7.55. The number of nitrogens with one attached hydrogen (secondary N) is 2. The van der Waals surface area contributed by atoms with Gasteiger partial charge in [-0.05, 0) is 6.07 Å². The molecular formula is C17H23N5O. The van der Waals surface area contributed by atoms with E-state index < -0.39 is 0 Å². The summed E-state index contributed by atoms with van der Waals surface area (Å²) in [6.45, 7) is 6.41. The van der Waals surface area contributed by atoms with Crippen molar-refractivity contribution in [1.82, 2.24) is 20.2 Å². The van der Waals surface area contributed by atoms with Gasteiger partial charge in [0.1, 0.15) is 12.4 Å². The normalized spacial score (nSPS) is 11.1. The molecule has 6 heteroatoms. The summed E-state index contributed by atoms with van der Waals surface area (Å²) in [6.07, 6.45) is 7.24. The van der Waals surface area contributed by atoms with Gasteiger partial charge in [0.15, 0.2) is 5.96 Å². The van der Waals surface area contributed by atoms with Crippen LogP contribution < -0.4 is 15.4 Å². The zero-order chi connectivity index (χ0) is 16.3. The lowest BCUT2D eigenvalue weighted by Crippen LogP contribution is -2.38. The largest absolute Gasteiger partial charge is 0.489 e. The molecule has 1 aromatic heterocycles. The summed E-state index contributed by atoms with van der Waals surface area (Å²) in [5.74, 6) is 1.61. The molecule has 0 spiro atoms.